The summed E-state index contributed by atoms with van der Waals surface area (Å²) in [4.78, 5) is 6.54. The molecule has 5 heteroatoms. The van der Waals surface area contributed by atoms with E-state index in [1.165, 1.54) is 25.7 Å². The zero-order chi connectivity index (χ0) is 13.5. The number of nitrogens with zero attached hydrogens (tertiary/aromatic N) is 4. The van der Waals surface area contributed by atoms with E-state index >= 15 is 0 Å². The van der Waals surface area contributed by atoms with Crippen molar-refractivity contribution in [3.8, 4) is 0 Å². The van der Waals surface area contributed by atoms with Crippen LogP contribution in [0.3, 0.4) is 0 Å². The number of pyridine rings is 1. The van der Waals surface area contributed by atoms with E-state index in [4.69, 9.17) is 0 Å². The normalized spacial score (nSPS) is 18.3. The van der Waals surface area contributed by atoms with Crippen LogP contribution in [0.25, 0.3) is 0 Å². The fourth-order valence-corrected chi connectivity index (χ4v) is 2.54. The van der Waals surface area contributed by atoms with E-state index in [0.29, 0.717) is 0 Å². The Hall–Kier alpha value is -1.19. The molecule has 2 rings (SSSR count). The van der Waals surface area contributed by atoms with Gasteiger partial charge >= 0.3 is 122 Å². The van der Waals surface area contributed by atoms with Gasteiger partial charge in [0.15, 0.2) is 0 Å². The Labute approximate surface area is 122 Å². The Morgan fingerprint density at radius 2 is 1.89 bits per heavy atom. The van der Waals surface area contributed by atoms with Crippen molar-refractivity contribution in [3.05, 3.63) is 30.1 Å². The first kappa shape index (κ1) is 14.2. The van der Waals surface area contributed by atoms with Crippen LogP contribution in [0.1, 0.15) is 38.3 Å². The van der Waals surface area contributed by atoms with Crippen LogP contribution in [0.15, 0.2) is 34.6 Å². The van der Waals surface area contributed by atoms with Gasteiger partial charge in [0.25, 0.3) is 0 Å². The molecule has 0 atom stereocenters. The summed E-state index contributed by atoms with van der Waals surface area (Å²) >= 11 is 3.03. The third-order valence-corrected chi connectivity index (χ3v) is 3.91. The van der Waals surface area contributed by atoms with E-state index in [0.717, 1.165) is 29.2 Å². The van der Waals surface area contributed by atoms with E-state index in [9.17, 15) is 0 Å². The molecule has 1 aromatic heterocycles. The first-order valence-electron chi connectivity index (χ1n) is 6.73. The zero-order valence-electron chi connectivity index (χ0n) is 11.2. The molecule has 1 saturated heterocycles. The predicted octanol–water partition coefficient (Wildman–Crippen LogP) is 2.21. The van der Waals surface area contributed by atoms with Crippen molar-refractivity contribution in [1.29, 1.82) is 0 Å². The van der Waals surface area contributed by atoms with E-state index < -0.39 is 0 Å². The summed E-state index contributed by atoms with van der Waals surface area (Å²) in [7, 11) is 0. The molecular weight excluding hydrogens is 303 g/mol. The Morgan fingerprint density at radius 3 is 2.53 bits per heavy atom. The van der Waals surface area contributed by atoms with Crippen molar-refractivity contribution in [1.82, 2.24) is 9.88 Å². The fraction of sp³-hybridized carbons (Fsp3) is 0.500. The molecule has 2 heterocycles. The van der Waals surface area contributed by atoms with E-state index in [2.05, 4.69) is 36.1 Å². The van der Waals surface area contributed by atoms with Crippen LogP contribution in [-0.4, -0.2) is 49.4 Å². The number of rotatable bonds is 2. The van der Waals surface area contributed by atoms with Gasteiger partial charge in [-0.3, -0.25) is 0 Å². The van der Waals surface area contributed by atoms with Crippen molar-refractivity contribution >= 4 is 26.5 Å². The first-order chi connectivity index (χ1) is 9.27. The summed E-state index contributed by atoms with van der Waals surface area (Å²) in [5, 5.41) is 8.57. The average Bonchev–Trinajstić information content (AvgIpc) is 2.74. The molecule has 1 aliphatic rings. The van der Waals surface area contributed by atoms with Crippen LogP contribution >= 0.6 is 0 Å². The van der Waals surface area contributed by atoms with Gasteiger partial charge in [0.2, 0.25) is 0 Å². The van der Waals surface area contributed by atoms with Crippen molar-refractivity contribution in [2.45, 2.75) is 32.6 Å². The molecule has 4 nitrogen and oxygen atoms in total. The molecule has 0 aliphatic carbocycles. The van der Waals surface area contributed by atoms with Crippen LogP contribution in [-0.2, 0) is 0 Å². The van der Waals surface area contributed by atoms with E-state index in [1.807, 2.05) is 25.1 Å². The van der Waals surface area contributed by atoms with Gasteiger partial charge in [-0.05, 0) is 0 Å². The first-order valence-corrected chi connectivity index (χ1v) is 7.58. The van der Waals surface area contributed by atoms with Crippen molar-refractivity contribution < 1.29 is 0 Å². The van der Waals surface area contributed by atoms with E-state index in [1.54, 1.807) is 6.20 Å². The summed E-state index contributed by atoms with van der Waals surface area (Å²) in [5.41, 5.74) is 1.71. The van der Waals surface area contributed by atoms with Gasteiger partial charge in [0, 0.05) is 0 Å². The molecule has 0 unspecified atom stereocenters. The zero-order valence-corrected chi connectivity index (χ0v) is 13.0. The van der Waals surface area contributed by atoms with Gasteiger partial charge < -0.3 is 0 Å². The van der Waals surface area contributed by atoms with Gasteiger partial charge in [0.05, 0.1) is 0 Å². The minimum atomic E-state index is 0.836. The summed E-state index contributed by atoms with van der Waals surface area (Å²) in [5.74, 6) is 0. The molecule has 0 aromatic carbocycles. The molecule has 101 valence electrons. The van der Waals surface area contributed by atoms with Crippen LogP contribution in [0.2, 0.25) is 0 Å². The van der Waals surface area contributed by atoms with Crippen LogP contribution in [0, 0.1) is 0 Å². The molecule has 0 saturated carbocycles. The molecular formula is C14H19N4Se. The van der Waals surface area contributed by atoms with Gasteiger partial charge in [-0.1, -0.05) is 0 Å². The summed E-state index contributed by atoms with van der Waals surface area (Å²) in [6.45, 7) is 4.08. The van der Waals surface area contributed by atoms with Crippen molar-refractivity contribution in [3.63, 3.8) is 0 Å². The Bertz CT molecular complexity index is 448. The number of hydrogen-bond acceptors (Lipinski definition) is 3. The minimum absolute atomic E-state index is 0.836. The van der Waals surface area contributed by atoms with Crippen LogP contribution in [0.5, 0.6) is 0 Å². The molecule has 1 aliphatic heterocycles. The number of amidine groups is 1. The maximum absolute atomic E-state index is 4.30. The van der Waals surface area contributed by atoms with Crippen molar-refractivity contribution in [2.75, 3.05) is 13.1 Å². The molecule has 0 amide bonds. The second-order valence-corrected chi connectivity index (χ2v) is 5.45. The number of likely N-dealkylation sites (tertiary alicyclic amines) is 1. The molecule has 1 radical (unpaired) electrons. The van der Waals surface area contributed by atoms with E-state index in [-0.39, 0.29) is 0 Å². The monoisotopic (exact) mass is 323 g/mol. The van der Waals surface area contributed by atoms with Gasteiger partial charge in [-0.15, -0.1) is 0 Å². The second kappa shape index (κ2) is 7.41. The molecule has 1 aromatic rings. The summed E-state index contributed by atoms with van der Waals surface area (Å²) in [6.07, 6.45) is 6.89. The topological polar surface area (TPSA) is 40.9 Å². The van der Waals surface area contributed by atoms with Crippen molar-refractivity contribution in [2.24, 2.45) is 10.2 Å². The fourth-order valence-electron chi connectivity index (χ4n) is 2.07. The third kappa shape index (κ3) is 4.44. The van der Waals surface area contributed by atoms with Crippen LogP contribution < -0.4 is 0 Å². The quantitative estimate of drug-likeness (QED) is 0.362. The molecule has 0 N–H and O–H groups in total. The summed E-state index contributed by atoms with van der Waals surface area (Å²) in [6, 6.07) is 5.80. The Morgan fingerprint density at radius 1 is 1.16 bits per heavy atom. The average molecular weight is 322 g/mol. The number of hydrogen-bond donors (Lipinski definition) is 0. The van der Waals surface area contributed by atoms with Gasteiger partial charge in [0.1, 0.15) is 0 Å². The molecule has 0 bridgehead atoms. The predicted molar refractivity (Wildman–Crippen MR) is 79.7 cm³/mol. The van der Waals surface area contributed by atoms with Crippen LogP contribution in [0.4, 0.5) is 0 Å². The third-order valence-electron chi connectivity index (χ3n) is 3.20. The Kier molecular flexibility index (Phi) is 5.55. The molecule has 19 heavy (non-hydrogen) atoms. The molecule has 0 spiro atoms. The standard InChI is InChI=1S/C14H19N4Se/c1-12(13-8-4-5-9-15-13)16-17-14(19)18-10-6-2-3-7-11-18/h4-5,8-9H,2-3,6-7,10-11H2,1H3/b16-12-,17-14-. The SMILES string of the molecule is C/C(=N/N=C(\[Se])N1CCCCCC1)c1ccccn1. The second-order valence-electron chi connectivity index (χ2n) is 4.68. The number of aromatic nitrogens is 1. The Balaban J connectivity index is 2.03. The summed E-state index contributed by atoms with van der Waals surface area (Å²) < 4.78 is 0.886. The maximum atomic E-state index is 4.30. The molecule has 1 fully saturated rings. The van der Waals surface area contributed by atoms with Gasteiger partial charge in [-0.25, -0.2) is 0 Å². The van der Waals surface area contributed by atoms with Gasteiger partial charge in [-0.2, -0.15) is 0 Å².